The number of rotatable bonds is 11. The highest BCUT2D eigenvalue weighted by Crippen LogP contribution is 2.32. The number of benzene rings is 2. The second-order valence-corrected chi connectivity index (χ2v) is 11.9. The second-order valence-electron chi connectivity index (χ2n) is 8.11. The maximum Gasteiger partial charge on any atom is 0.257 e. The van der Waals surface area contributed by atoms with Crippen molar-refractivity contribution in [3.63, 3.8) is 0 Å². The minimum Gasteiger partial charge on any atom is -0.298 e. The van der Waals surface area contributed by atoms with Crippen molar-refractivity contribution < 1.29 is 13.2 Å². The number of unbranched alkanes of at least 4 members (excludes halogenated alkanes) is 2. The highest BCUT2D eigenvalue weighted by atomic mass is 32.2. The van der Waals surface area contributed by atoms with Crippen LogP contribution in [0.1, 0.15) is 49.9 Å². The van der Waals surface area contributed by atoms with Crippen molar-refractivity contribution in [3.8, 4) is 10.7 Å². The monoisotopic (exact) mass is 528 g/mol. The van der Waals surface area contributed by atoms with Gasteiger partial charge < -0.3 is 0 Å². The maximum atomic E-state index is 13.1. The zero-order chi connectivity index (χ0) is 24.8. The summed E-state index contributed by atoms with van der Waals surface area (Å²) in [5.74, 6) is -0.340. The first-order valence-electron chi connectivity index (χ1n) is 11.7. The number of sulfonamides is 1. The molecule has 2 heterocycles. The van der Waals surface area contributed by atoms with Gasteiger partial charge in [-0.3, -0.25) is 10.1 Å². The van der Waals surface area contributed by atoms with Crippen molar-refractivity contribution in [2.24, 2.45) is 0 Å². The van der Waals surface area contributed by atoms with Crippen molar-refractivity contribution in [2.75, 3.05) is 18.4 Å². The van der Waals surface area contributed by atoms with Gasteiger partial charge in [0.2, 0.25) is 10.0 Å². The number of para-hydroxylation sites is 1. The van der Waals surface area contributed by atoms with Gasteiger partial charge in [0.25, 0.3) is 5.91 Å². The van der Waals surface area contributed by atoms with E-state index in [1.54, 1.807) is 27.8 Å². The summed E-state index contributed by atoms with van der Waals surface area (Å²) in [4.78, 5) is 22.1. The van der Waals surface area contributed by atoms with Crippen molar-refractivity contribution in [1.29, 1.82) is 0 Å². The van der Waals surface area contributed by atoms with E-state index in [1.165, 1.54) is 23.5 Å². The van der Waals surface area contributed by atoms with Crippen LogP contribution in [0.4, 0.5) is 5.13 Å². The number of anilines is 1. The number of hydrogen-bond donors (Lipinski definition) is 1. The van der Waals surface area contributed by atoms with Crippen LogP contribution < -0.4 is 5.32 Å². The number of fused-ring (bicyclic) bond motifs is 1. The van der Waals surface area contributed by atoms with Crippen molar-refractivity contribution in [2.45, 2.75) is 44.4 Å². The van der Waals surface area contributed by atoms with Gasteiger partial charge in [-0.05, 0) is 49.2 Å². The fourth-order valence-corrected chi connectivity index (χ4v) is 6.74. The molecule has 1 amide bonds. The standard InChI is InChI=1S/C25H28N4O3S3/c1-3-5-15-29(16-6-4-2)35(31,32)19-13-11-18(12-14-19)23(30)28-25-27-21(17-33-25)24-26-20-9-7-8-10-22(20)34-24/h7-14,17H,3-6,15-16H2,1-2H3,(H,27,28,30). The van der Waals surface area contributed by atoms with E-state index in [0.717, 1.165) is 40.9 Å². The molecule has 0 saturated carbocycles. The highest BCUT2D eigenvalue weighted by molar-refractivity contribution is 7.89. The normalized spacial score (nSPS) is 11.9. The van der Waals surface area contributed by atoms with E-state index in [4.69, 9.17) is 0 Å². The largest absolute Gasteiger partial charge is 0.298 e. The van der Waals surface area contributed by atoms with E-state index < -0.39 is 10.0 Å². The Balaban J connectivity index is 1.45. The topological polar surface area (TPSA) is 92.3 Å². The van der Waals surface area contributed by atoms with Gasteiger partial charge in [0.15, 0.2) is 5.13 Å². The average Bonchev–Trinajstić information content (AvgIpc) is 3.51. The zero-order valence-corrected chi connectivity index (χ0v) is 22.2. The molecular weight excluding hydrogens is 501 g/mol. The van der Waals surface area contributed by atoms with Gasteiger partial charge in [-0.25, -0.2) is 18.4 Å². The minimum absolute atomic E-state index is 0.202. The molecule has 4 aromatic rings. The molecule has 35 heavy (non-hydrogen) atoms. The Kier molecular flexibility index (Phi) is 8.27. The Morgan fingerprint density at radius 2 is 1.66 bits per heavy atom. The number of hydrogen-bond acceptors (Lipinski definition) is 7. The summed E-state index contributed by atoms with van der Waals surface area (Å²) in [5, 5.41) is 5.93. The van der Waals surface area contributed by atoms with Gasteiger partial charge in [0.05, 0.1) is 15.1 Å². The summed E-state index contributed by atoms with van der Waals surface area (Å²) < 4.78 is 28.9. The van der Waals surface area contributed by atoms with E-state index in [1.807, 2.05) is 43.5 Å². The average molecular weight is 529 g/mol. The molecule has 2 aromatic heterocycles. The predicted molar refractivity (Wildman–Crippen MR) is 144 cm³/mol. The quantitative estimate of drug-likeness (QED) is 0.248. The molecule has 7 nitrogen and oxygen atoms in total. The van der Waals surface area contributed by atoms with Gasteiger partial charge >= 0.3 is 0 Å². The molecule has 0 unspecified atom stereocenters. The Morgan fingerprint density at radius 3 is 2.31 bits per heavy atom. The van der Waals surface area contributed by atoms with Crippen LogP contribution in [0.5, 0.6) is 0 Å². The first kappa shape index (κ1) is 25.4. The molecule has 1 N–H and O–H groups in total. The Hall–Kier alpha value is -2.66. The van der Waals surface area contributed by atoms with Crippen LogP contribution in [0.3, 0.4) is 0 Å². The minimum atomic E-state index is -3.60. The summed E-state index contributed by atoms with van der Waals surface area (Å²) in [6.07, 6.45) is 3.48. The first-order valence-corrected chi connectivity index (χ1v) is 14.8. The lowest BCUT2D eigenvalue weighted by Crippen LogP contribution is -2.33. The van der Waals surface area contributed by atoms with Gasteiger partial charge in [-0.2, -0.15) is 4.31 Å². The smallest absolute Gasteiger partial charge is 0.257 e. The molecule has 184 valence electrons. The van der Waals surface area contributed by atoms with Crippen LogP contribution in [0, 0.1) is 0 Å². The van der Waals surface area contributed by atoms with E-state index in [2.05, 4.69) is 15.3 Å². The molecule has 0 aliphatic carbocycles. The number of thiazole rings is 2. The van der Waals surface area contributed by atoms with Crippen LogP contribution in [-0.2, 0) is 10.0 Å². The number of carbonyl (C=O) groups is 1. The van der Waals surface area contributed by atoms with Gasteiger partial charge in [0.1, 0.15) is 10.7 Å². The summed E-state index contributed by atoms with van der Waals surface area (Å²) in [7, 11) is -3.60. The number of carbonyl (C=O) groups excluding carboxylic acids is 1. The predicted octanol–water partition coefficient (Wildman–Crippen LogP) is 6.26. The van der Waals surface area contributed by atoms with Crippen molar-refractivity contribution in [3.05, 3.63) is 59.5 Å². The van der Waals surface area contributed by atoms with Crippen molar-refractivity contribution in [1.82, 2.24) is 14.3 Å². The van der Waals surface area contributed by atoms with Gasteiger partial charge in [-0.15, -0.1) is 22.7 Å². The number of aromatic nitrogens is 2. The van der Waals surface area contributed by atoms with E-state index in [-0.39, 0.29) is 10.8 Å². The molecule has 0 aliphatic rings. The zero-order valence-electron chi connectivity index (χ0n) is 19.7. The number of amides is 1. The fourth-order valence-electron chi connectivity index (χ4n) is 3.53. The van der Waals surface area contributed by atoms with Crippen LogP contribution >= 0.6 is 22.7 Å². The summed E-state index contributed by atoms with van der Waals surface area (Å²) >= 11 is 2.88. The van der Waals surface area contributed by atoms with Crippen LogP contribution in [0.25, 0.3) is 20.9 Å². The van der Waals surface area contributed by atoms with E-state index >= 15 is 0 Å². The molecular formula is C25H28N4O3S3. The maximum absolute atomic E-state index is 13.1. The lowest BCUT2D eigenvalue weighted by molar-refractivity contribution is 0.102. The number of nitrogens with zero attached hydrogens (tertiary/aromatic N) is 3. The molecule has 0 spiro atoms. The summed E-state index contributed by atoms with van der Waals surface area (Å²) in [6, 6.07) is 14.0. The Bertz CT molecular complexity index is 1350. The van der Waals surface area contributed by atoms with E-state index in [0.29, 0.717) is 29.5 Å². The van der Waals surface area contributed by atoms with Crippen LogP contribution in [0.15, 0.2) is 58.8 Å². The van der Waals surface area contributed by atoms with Crippen molar-refractivity contribution >= 4 is 54.0 Å². The van der Waals surface area contributed by atoms with Gasteiger partial charge in [0, 0.05) is 24.0 Å². The second kappa shape index (κ2) is 11.4. The molecule has 10 heteroatoms. The molecule has 0 saturated heterocycles. The van der Waals surface area contributed by atoms with Gasteiger partial charge in [-0.1, -0.05) is 38.8 Å². The molecule has 0 fully saturated rings. The summed E-state index contributed by atoms with van der Waals surface area (Å²) in [6.45, 7) is 5.09. The van der Waals surface area contributed by atoms with Crippen LogP contribution in [0.2, 0.25) is 0 Å². The SMILES string of the molecule is CCCCN(CCCC)S(=O)(=O)c1ccc(C(=O)Nc2nc(-c3nc4ccccc4s3)cs2)cc1. The van der Waals surface area contributed by atoms with Crippen LogP contribution in [-0.4, -0.2) is 41.7 Å². The van der Waals surface area contributed by atoms with E-state index in [9.17, 15) is 13.2 Å². The first-order chi connectivity index (χ1) is 16.9. The summed E-state index contributed by atoms with van der Waals surface area (Å²) in [5.41, 5.74) is 2.01. The number of nitrogens with one attached hydrogen (secondary N) is 1. The molecule has 0 bridgehead atoms. The third kappa shape index (κ3) is 5.95. The molecule has 0 aliphatic heterocycles. The molecule has 0 radical (unpaired) electrons. The lowest BCUT2D eigenvalue weighted by atomic mass is 10.2. The molecule has 2 aromatic carbocycles. The Labute approximate surface area is 213 Å². The third-order valence-corrected chi connectivity index (χ3v) is 9.24. The Morgan fingerprint density at radius 1 is 0.971 bits per heavy atom. The molecule has 0 atom stereocenters. The highest BCUT2D eigenvalue weighted by Gasteiger charge is 2.24. The fraction of sp³-hybridized carbons (Fsp3) is 0.320. The molecule has 4 rings (SSSR count). The third-order valence-electron chi connectivity index (χ3n) is 5.51. The lowest BCUT2D eigenvalue weighted by Gasteiger charge is -2.22.